The van der Waals surface area contributed by atoms with Gasteiger partial charge in [-0.25, -0.2) is 8.42 Å². The van der Waals surface area contributed by atoms with Crippen LogP contribution in [0.25, 0.3) is 0 Å². The first-order valence-electron chi connectivity index (χ1n) is 8.86. The topological polar surface area (TPSA) is 80.1 Å². The average molecular weight is 396 g/mol. The van der Waals surface area contributed by atoms with E-state index in [9.17, 15) is 8.42 Å². The molecule has 0 radical (unpaired) electrons. The van der Waals surface area contributed by atoms with Gasteiger partial charge in [0.05, 0.1) is 11.4 Å². The molecule has 9 heteroatoms. The smallest absolute Gasteiger partial charge is 0.243 e. The Hall–Kier alpha value is -1.48. The van der Waals surface area contributed by atoms with E-state index >= 15 is 0 Å². The summed E-state index contributed by atoms with van der Waals surface area (Å²) in [5.41, 5.74) is 0.607. The van der Waals surface area contributed by atoms with E-state index < -0.39 is 10.0 Å². The normalized spacial score (nSPS) is 19.5. The minimum Gasteiger partial charge on any atom is -0.312 e. The van der Waals surface area contributed by atoms with Crippen molar-refractivity contribution in [2.75, 3.05) is 19.6 Å². The predicted molar refractivity (Wildman–Crippen MR) is 98.7 cm³/mol. The SMILES string of the molecule is Cc1c(Cl)cccc1S(=O)(=O)N1CCC(c2nnc3n2CCNC3)CC1. The number of aromatic nitrogens is 3. The highest BCUT2D eigenvalue weighted by atomic mass is 35.5. The summed E-state index contributed by atoms with van der Waals surface area (Å²) < 4.78 is 29.8. The van der Waals surface area contributed by atoms with Crippen molar-refractivity contribution in [3.63, 3.8) is 0 Å². The molecule has 0 saturated carbocycles. The maximum Gasteiger partial charge on any atom is 0.243 e. The predicted octanol–water partition coefficient (Wildman–Crippen LogP) is 1.91. The van der Waals surface area contributed by atoms with Crippen LogP contribution in [0.1, 0.15) is 36.0 Å². The van der Waals surface area contributed by atoms with E-state index in [0.29, 0.717) is 28.6 Å². The van der Waals surface area contributed by atoms with Crippen LogP contribution in [0.4, 0.5) is 0 Å². The van der Waals surface area contributed by atoms with Crippen LogP contribution in [0, 0.1) is 6.92 Å². The maximum absolute atomic E-state index is 13.0. The summed E-state index contributed by atoms with van der Waals surface area (Å²) in [6.45, 7) is 5.25. The van der Waals surface area contributed by atoms with Crippen LogP contribution in [0.2, 0.25) is 5.02 Å². The Morgan fingerprint density at radius 2 is 1.96 bits per heavy atom. The van der Waals surface area contributed by atoms with Crippen LogP contribution in [-0.2, 0) is 23.1 Å². The van der Waals surface area contributed by atoms with Crippen molar-refractivity contribution in [3.8, 4) is 0 Å². The molecule has 0 atom stereocenters. The van der Waals surface area contributed by atoms with Crippen molar-refractivity contribution in [2.24, 2.45) is 0 Å². The van der Waals surface area contributed by atoms with Crippen LogP contribution >= 0.6 is 11.6 Å². The lowest BCUT2D eigenvalue weighted by Crippen LogP contribution is -2.39. The Labute approximate surface area is 158 Å². The van der Waals surface area contributed by atoms with Gasteiger partial charge in [-0.3, -0.25) is 0 Å². The summed E-state index contributed by atoms with van der Waals surface area (Å²) in [4.78, 5) is 0.300. The molecule has 140 valence electrons. The third kappa shape index (κ3) is 3.05. The molecule has 26 heavy (non-hydrogen) atoms. The van der Waals surface area contributed by atoms with Gasteiger partial charge in [0, 0.05) is 37.1 Å². The highest BCUT2D eigenvalue weighted by Gasteiger charge is 2.33. The number of benzene rings is 1. The van der Waals surface area contributed by atoms with Gasteiger partial charge in [0.15, 0.2) is 0 Å². The quantitative estimate of drug-likeness (QED) is 0.858. The zero-order valence-corrected chi connectivity index (χ0v) is 16.2. The van der Waals surface area contributed by atoms with Crippen LogP contribution in [0.3, 0.4) is 0 Å². The van der Waals surface area contributed by atoms with Gasteiger partial charge in [0.1, 0.15) is 11.6 Å². The van der Waals surface area contributed by atoms with E-state index in [-0.39, 0.29) is 5.92 Å². The van der Waals surface area contributed by atoms with Gasteiger partial charge in [-0.15, -0.1) is 10.2 Å². The molecule has 1 aromatic heterocycles. The van der Waals surface area contributed by atoms with Gasteiger partial charge >= 0.3 is 0 Å². The number of halogens is 1. The monoisotopic (exact) mass is 395 g/mol. The number of piperidine rings is 1. The zero-order valence-electron chi connectivity index (χ0n) is 14.7. The number of fused-ring (bicyclic) bond motifs is 1. The van der Waals surface area contributed by atoms with E-state index in [2.05, 4.69) is 20.1 Å². The van der Waals surface area contributed by atoms with Crippen LogP contribution < -0.4 is 5.32 Å². The number of sulfonamides is 1. The lowest BCUT2D eigenvalue weighted by atomic mass is 9.97. The van der Waals surface area contributed by atoms with E-state index in [0.717, 1.165) is 44.1 Å². The molecule has 0 amide bonds. The van der Waals surface area contributed by atoms with E-state index in [1.54, 1.807) is 29.4 Å². The first kappa shape index (κ1) is 17.9. The summed E-state index contributed by atoms with van der Waals surface area (Å²) in [5.74, 6) is 2.22. The van der Waals surface area contributed by atoms with Gasteiger partial charge in [0.2, 0.25) is 10.0 Å². The van der Waals surface area contributed by atoms with Crippen LogP contribution in [0.5, 0.6) is 0 Å². The second-order valence-corrected chi connectivity index (χ2v) is 9.16. The van der Waals surface area contributed by atoms with Crippen molar-refractivity contribution < 1.29 is 8.42 Å². The number of rotatable bonds is 3. The minimum absolute atomic E-state index is 0.251. The maximum atomic E-state index is 13.0. The standard InChI is InChI=1S/C17H22ClN5O2S/c1-12-14(18)3-2-4-15(12)26(24,25)22-8-5-13(6-9-22)17-21-20-16-11-19-7-10-23(16)17/h2-4,13,19H,5-11H2,1H3. The summed E-state index contributed by atoms with van der Waals surface area (Å²) >= 11 is 6.11. The molecule has 0 bridgehead atoms. The van der Waals surface area contributed by atoms with Gasteiger partial charge in [-0.1, -0.05) is 17.7 Å². The van der Waals surface area contributed by atoms with E-state index in [1.807, 2.05) is 0 Å². The molecule has 0 unspecified atom stereocenters. The van der Waals surface area contributed by atoms with Crippen molar-refractivity contribution in [2.45, 2.75) is 43.7 Å². The Bertz CT molecular complexity index is 919. The molecule has 1 N–H and O–H groups in total. The van der Waals surface area contributed by atoms with E-state index in [4.69, 9.17) is 11.6 Å². The Kier molecular flexibility index (Phi) is 4.77. The highest BCUT2D eigenvalue weighted by molar-refractivity contribution is 7.89. The molecule has 0 spiro atoms. The number of nitrogens with zero attached hydrogens (tertiary/aromatic N) is 4. The van der Waals surface area contributed by atoms with Crippen molar-refractivity contribution in [3.05, 3.63) is 40.4 Å². The first-order valence-corrected chi connectivity index (χ1v) is 10.7. The van der Waals surface area contributed by atoms with Gasteiger partial charge < -0.3 is 9.88 Å². The molecule has 7 nitrogen and oxygen atoms in total. The molecule has 4 rings (SSSR count). The Morgan fingerprint density at radius 1 is 1.19 bits per heavy atom. The summed E-state index contributed by atoms with van der Waals surface area (Å²) in [6.07, 6.45) is 1.51. The van der Waals surface area contributed by atoms with Crippen molar-refractivity contribution in [1.29, 1.82) is 0 Å². The molecular formula is C17H22ClN5O2S. The minimum atomic E-state index is -3.53. The average Bonchev–Trinajstić information content (AvgIpc) is 3.08. The molecule has 0 aliphatic carbocycles. The molecule has 1 fully saturated rings. The second kappa shape index (κ2) is 6.92. The lowest BCUT2D eigenvalue weighted by molar-refractivity contribution is 0.307. The van der Waals surface area contributed by atoms with Gasteiger partial charge in [-0.05, 0) is 37.5 Å². The van der Waals surface area contributed by atoms with Crippen molar-refractivity contribution >= 4 is 21.6 Å². The number of nitrogens with one attached hydrogen (secondary N) is 1. The van der Waals surface area contributed by atoms with Gasteiger partial charge in [-0.2, -0.15) is 4.31 Å². The molecule has 1 aromatic carbocycles. The fourth-order valence-corrected chi connectivity index (χ4v) is 5.72. The molecule has 2 aliphatic heterocycles. The third-order valence-electron chi connectivity index (χ3n) is 5.31. The van der Waals surface area contributed by atoms with Crippen LogP contribution in [0.15, 0.2) is 23.1 Å². The van der Waals surface area contributed by atoms with Crippen molar-refractivity contribution in [1.82, 2.24) is 24.4 Å². The Morgan fingerprint density at radius 3 is 2.73 bits per heavy atom. The Balaban J connectivity index is 1.51. The molecule has 1 saturated heterocycles. The molecular weight excluding hydrogens is 374 g/mol. The first-order chi connectivity index (χ1) is 12.5. The van der Waals surface area contributed by atoms with Gasteiger partial charge in [0.25, 0.3) is 0 Å². The zero-order chi connectivity index (χ0) is 18.3. The number of hydrogen-bond acceptors (Lipinski definition) is 5. The summed E-state index contributed by atoms with van der Waals surface area (Å²) in [5, 5.41) is 12.4. The summed E-state index contributed by atoms with van der Waals surface area (Å²) in [7, 11) is -3.53. The summed E-state index contributed by atoms with van der Waals surface area (Å²) in [6, 6.07) is 5.03. The molecule has 2 aliphatic rings. The second-order valence-electron chi connectivity index (χ2n) is 6.84. The fraction of sp³-hybridized carbons (Fsp3) is 0.529. The largest absolute Gasteiger partial charge is 0.312 e. The fourth-order valence-electron chi connectivity index (χ4n) is 3.78. The number of hydrogen-bond donors (Lipinski definition) is 1. The molecule has 3 heterocycles. The van der Waals surface area contributed by atoms with Crippen LogP contribution in [-0.4, -0.2) is 47.1 Å². The van der Waals surface area contributed by atoms with E-state index in [1.165, 1.54) is 0 Å². The molecule has 2 aromatic rings. The highest BCUT2D eigenvalue weighted by Crippen LogP contribution is 2.32. The lowest BCUT2D eigenvalue weighted by Gasteiger charge is -2.31. The third-order valence-corrected chi connectivity index (χ3v) is 7.76.